The summed E-state index contributed by atoms with van der Waals surface area (Å²) in [4.78, 5) is 11.0. The molecule has 0 aromatic rings. The van der Waals surface area contributed by atoms with Crippen LogP contribution in [0.25, 0.3) is 0 Å². The molecule has 0 N–H and O–H groups in total. The fraction of sp³-hybridized carbons (Fsp3) is 0.846. The Morgan fingerprint density at radius 2 is 2.00 bits per heavy atom. The number of Topliss-reactive ketones (excluding diaryl/α,β-unsaturated/α-hetero) is 1. The molecule has 1 aliphatic rings. The smallest absolute Gasteiger partial charge is 0.131 e. The van der Waals surface area contributed by atoms with Gasteiger partial charge >= 0.3 is 0 Å². The second-order valence-electron chi connectivity index (χ2n) is 5.64. The Hall–Kier alpha value is -0.840. The highest BCUT2D eigenvalue weighted by Crippen LogP contribution is 2.41. The minimum atomic E-state index is -0.0430. The molecule has 2 nitrogen and oxygen atoms in total. The highest BCUT2D eigenvalue weighted by atomic mass is 16.1. The standard InChI is InChI=1S/C13H21NO/c1-10(15)8-12(9-14)11-4-6-13(2,3)7-5-11/h11-12H,4-8H2,1-3H3. The molecule has 15 heavy (non-hydrogen) atoms. The third-order valence-electron chi connectivity index (χ3n) is 3.63. The molecule has 1 saturated carbocycles. The summed E-state index contributed by atoms with van der Waals surface area (Å²) < 4.78 is 0. The van der Waals surface area contributed by atoms with Gasteiger partial charge in [-0.3, -0.25) is 4.79 Å². The van der Waals surface area contributed by atoms with E-state index < -0.39 is 0 Å². The van der Waals surface area contributed by atoms with Gasteiger partial charge in [0.2, 0.25) is 0 Å². The van der Waals surface area contributed by atoms with Crippen molar-refractivity contribution in [3.05, 3.63) is 0 Å². The van der Waals surface area contributed by atoms with Crippen LogP contribution in [0.5, 0.6) is 0 Å². The lowest BCUT2D eigenvalue weighted by atomic mass is 9.69. The van der Waals surface area contributed by atoms with Crippen LogP contribution in [0.2, 0.25) is 0 Å². The van der Waals surface area contributed by atoms with E-state index in [4.69, 9.17) is 5.26 Å². The van der Waals surface area contributed by atoms with E-state index in [9.17, 15) is 4.79 Å². The molecule has 0 saturated heterocycles. The number of nitrogens with zero attached hydrogens (tertiary/aromatic N) is 1. The van der Waals surface area contributed by atoms with Gasteiger partial charge in [-0.25, -0.2) is 0 Å². The monoisotopic (exact) mass is 207 g/mol. The van der Waals surface area contributed by atoms with Crippen LogP contribution in [0.4, 0.5) is 0 Å². The fourth-order valence-corrected chi connectivity index (χ4v) is 2.45. The van der Waals surface area contributed by atoms with E-state index in [1.165, 1.54) is 12.8 Å². The molecule has 0 aromatic carbocycles. The second-order valence-corrected chi connectivity index (χ2v) is 5.64. The summed E-state index contributed by atoms with van der Waals surface area (Å²) in [6.07, 6.45) is 5.04. The first-order chi connectivity index (χ1) is 6.94. The molecule has 2 heteroatoms. The number of carbonyl (C=O) groups excluding carboxylic acids is 1. The normalized spacial score (nSPS) is 23.1. The van der Waals surface area contributed by atoms with Crippen LogP contribution in [0, 0.1) is 28.6 Å². The maximum Gasteiger partial charge on any atom is 0.131 e. The van der Waals surface area contributed by atoms with Crippen LogP contribution in [-0.4, -0.2) is 5.78 Å². The average Bonchev–Trinajstić information content (AvgIpc) is 2.14. The topological polar surface area (TPSA) is 40.9 Å². The molecule has 0 radical (unpaired) electrons. The fourth-order valence-electron chi connectivity index (χ4n) is 2.45. The van der Waals surface area contributed by atoms with Crippen molar-refractivity contribution >= 4 is 5.78 Å². The van der Waals surface area contributed by atoms with Crippen molar-refractivity contribution in [1.82, 2.24) is 0 Å². The Kier molecular flexibility index (Phi) is 3.90. The van der Waals surface area contributed by atoms with Gasteiger partial charge in [-0.15, -0.1) is 0 Å². The second kappa shape index (κ2) is 4.79. The van der Waals surface area contributed by atoms with Gasteiger partial charge in [0.25, 0.3) is 0 Å². The molecule has 1 unspecified atom stereocenters. The Bertz CT molecular complexity index is 265. The molecule has 0 spiro atoms. The van der Waals surface area contributed by atoms with Crippen LogP contribution < -0.4 is 0 Å². The van der Waals surface area contributed by atoms with Crippen LogP contribution in [0.3, 0.4) is 0 Å². The zero-order valence-electron chi connectivity index (χ0n) is 10.0. The van der Waals surface area contributed by atoms with Crippen molar-refractivity contribution in [2.75, 3.05) is 0 Å². The quantitative estimate of drug-likeness (QED) is 0.712. The van der Waals surface area contributed by atoms with Crippen LogP contribution >= 0.6 is 0 Å². The summed E-state index contributed by atoms with van der Waals surface area (Å²) >= 11 is 0. The average molecular weight is 207 g/mol. The number of nitriles is 1. The lowest BCUT2D eigenvalue weighted by molar-refractivity contribution is -0.118. The van der Waals surface area contributed by atoms with Crippen molar-refractivity contribution in [3.63, 3.8) is 0 Å². The Morgan fingerprint density at radius 1 is 1.47 bits per heavy atom. The number of rotatable bonds is 3. The molecule has 84 valence electrons. The zero-order chi connectivity index (χ0) is 11.5. The lowest BCUT2D eigenvalue weighted by Gasteiger charge is -2.35. The molecule has 0 bridgehead atoms. The number of ketones is 1. The van der Waals surface area contributed by atoms with Crippen molar-refractivity contribution in [1.29, 1.82) is 5.26 Å². The maximum absolute atomic E-state index is 11.0. The van der Waals surface area contributed by atoms with E-state index in [1.807, 2.05) is 0 Å². The Labute approximate surface area is 92.7 Å². The summed E-state index contributed by atoms with van der Waals surface area (Å²) in [7, 11) is 0. The van der Waals surface area contributed by atoms with E-state index in [0.29, 0.717) is 17.8 Å². The Morgan fingerprint density at radius 3 is 2.40 bits per heavy atom. The summed E-state index contributed by atoms with van der Waals surface area (Å²) in [5.74, 6) is 0.553. The molecule has 1 fully saturated rings. The van der Waals surface area contributed by atoms with Crippen LogP contribution in [0.15, 0.2) is 0 Å². The van der Waals surface area contributed by atoms with E-state index in [-0.39, 0.29) is 11.7 Å². The number of hydrogen-bond acceptors (Lipinski definition) is 2. The van der Waals surface area contributed by atoms with Crippen LogP contribution in [0.1, 0.15) is 52.9 Å². The summed E-state index contributed by atoms with van der Waals surface area (Å²) in [5.41, 5.74) is 0.437. The third kappa shape index (κ3) is 3.66. The molecule has 0 aliphatic heterocycles. The molecule has 0 aromatic heterocycles. The molecule has 1 aliphatic carbocycles. The third-order valence-corrected chi connectivity index (χ3v) is 3.63. The summed E-state index contributed by atoms with van der Waals surface area (Å²) in [6, 6.07) is 2.31. The minimum Gasteiger partial charge on any atom is -0.300 e. The van der Waals surface area contributed by atoms with Gasteiger partial charge in [-0.1, -0.05) is 13.8 Å². The van der Waals surface area contributed by atoms with Crippen molar-refractivity contribution in [2.45, 2.75) is 52.9 Å². The van der Waals surface area contributed by atoms with E-state index >= 15 is 0 Å². The van der Waals surface area contributed by atoms with E-state index in [0.717, 1.165) is 12.8 Å². The lowest BCUT2D eigenvalue weighted by Crippen LogP contribution is -2.26. The SMILES string of the molecule is CC(=O)CC(C#N)C1CCC(C)(C)CC1. The predicted molar refractivity (Wildman–Crippen MR) is 60.1 cm³/mol. The van der Waals surface area contributed by atoms with Gasteiger partial charge in [0.1, 0.15) is 5.78 Å². The van der Waals surface area contributed by atoms with Crippen molar-refractivity contribution < 1.29 is 4.79 Å². The maximum atomic E-state index is 11.0. The van der Waals surface area contributed by atoms with Gasteiger partial charge in [0.05, 0.1) is 12.0 Å². The first-order valence-electron chi connectivity index (χ1n) is 5.84. The van der Waals surface area contributed by atoms with Gasteiger partial charge in [-0.05, 0) is 43.9 Å². The molecule has 1 rings (SSSR count). The zero-order valence-corrected chi connectivity index (χ0v) is 10.0. The molecule has 1 atom stereocenters. The first-order valence-corrected chi connectivity index (χ1v) is 5.84. The molecule has 0 amide bonds. The molecular formula is C13H21NO. The predicted octanol–water partition coefficient (Wildman–Crippen LogP) is 3.32. The van der Waals surface area contributed by atoms with Crippen molar-refractivity contribution in [3.8, 4) is 6.07 Å². The van der Waals surface area contributed by atoms with Gasteiger partial charge in [0.15, 0.2) is 0 Å². The van der Waals surface area contributed by atoms with Gasteiger partial charge < -0.3 is 0 Å². The van der Waals surface area contributed by atoms with E-state index in [2.05, 4.69) is 19.9 Å². The Balaban J connectivity index is 2.51. The minimum absolute atomic E-state index is 0.0430. The highest BCUT2D eigenvalue weighted by molar-refractivity contribution is 5.76. The molecular weight excluding hydrogens is 186 g/mol. The molecule has 0 heterocycles. The number of hydrogen-bond donors (Lipinski definition) is 0. The van der Waals surface area contributed by atoms with Crippen molar-refractivity contribution in [2.24, 2.45) is 17.3 Å². The summed E-state index contributed by atoms with van der Waals surface area (Å²) in [6.45, 7) is 6.16. The van der Waals surface area contributed by atoms with Gasteiger partial charge in [0, 0.05) is 6.42 Å². The largest absolute Gasteiger partial charge is 0.300 e. The van der Waals surface area contributed by atoms with Crippen LogP contribution in [-0.2, 0) is 4.79 Å². The van der Waals surface area contributed by atoms with Gasteiger partial charge in [-0.2, -0.15) is 5.26 Å². The first kappa shape index (κ1) is 12.2. The van der Waals surface area contributed by atoms with E-state index in [1.54, 1.807) is 6.92 Å². The summed E-state index contributed by atoms with van der Waals surface area (Å²) in [5, 5.41) is 9.06. The number of carbonyl (C=O) groups is 1. The highest BCUT2D eigenvalue weighted by Gasteiger charge is 2.31.